The van der Waals surface area contributed by atoms with E-state index in [1.165, 1.54) is 6.92 Å². The van der Waals surface area contributed by atoms with Gasteiger partial charge in [-0.05, 0) is 19.9 Å². The summed E-state index contributed by atoms with van der Waals surface area (Å²) in [5, 5.41) is 0. The Bertz CT molecular complexity index is 366. The van der Waals surface area contributed by atoms with Crippen LogP contribution in [0.3, 0.4) is 0 Å². The maximum atomic E-state index is 13.8. The number of halogens is 2. The van der Waals surface area contributed by atoms with E-state index in [4.69, 9.17) is 4.74 Å². The van der Waals surface area contributed by atoms with Gasteiger partial charge in [0.1, 0.15) is 10.6 Å². The van der Waals surface area contributed by atoms with Crippen molar-refractivity contribution in [3.8, 4) is 5.75 Å². The molecular formula is C11H12BrFO2. The van der Waals surface area contributed by atoms with Gasteiger partial charge in [-0.1, -0.05) is 28.1 Å². The molecule has 0 saturated carbocycles. The summed E-state index contributed by atoms with van der Waals surface area (Å²) in [5.74, 6) is -0.431. The van der Waals surface area contributed by atoms with Gasteiger partial charge in [-0.15, -0.1) is 0 Å². The number of ketones is 1. The second-order valence-corrected chi connectivity index (χ2v) is 3.98. The molecule has 0 aliphatic rings. The van der Waals surface area contributed by atoms with Crippen molar-refractivity contribution in [1.82, 2.24) is 0 Å². The predicted molar refractivity (Wildman–Crippen MR) is 59.9 cm³/mol. The van der Waals surface area contributed by atoms with Crippen LogP contribution in [0.2, 0.25) is 0 Å². The van der Waals surface area contributed by atoms with Gasteiger partial charge in [0.2, 0.25) is 0 Å². The van der Waals surface area contributed by atoms with Gasteiger partial charge in [-0.2, -0.15) is 0 Å². The van der Waals surface area contributed by atoms with Gasteiger partial charge in [0.25, 0.3) is 0 Å². The predicted octanol–water partition coefficient (Wildman–Crippen LogP) is 3.25. The molecule has 1 aromatic rings. The summed E-state index contributed by atoms with van der Waals surface area (Å²) in [6.45, 7) is 3.59. The van der Waals surface area contributed by atoms with Crippen LogP contribution in [-0.2, 0) is 4.79 Å². The first-order valence-electron chi connectivity index (χ1n) is 4.63. The van der Waals surface area contributed by atoms with E-state index in [1.54, 1.807) is 25.1 Å². The lowest BCUT2D eigenvalue weighted by atomic mass is 10.1. The van der Waals surface area contributed by atoms with E-state index < -0.39 is 10.6 Å². The van der Waals surface area contributed by atoms with E-state index in [0.717, 1.165) is 0 Å². The molecular weight excluding hydrogens is 263 g/mol. The molecule has 0 aromatic heterocycles. The number of hydrogen-bond acceptors (Lipinski definition) is 2. The zero-order valence-corrected chi connectivity index (χ0v) is 10.2. The Kier molecular flexibility index (Phi) is 4.27. The van der Waals surface area contributed by atoms with Crippen LogP contribution in [-0.4, -0.2) is 12.4 Å². The van der Waals surface area contributed by atoms with Crippen molar-refractivity contribution in [3.63, 3.8) is 0 Å². The first-order valence-corrected chi connectivity index (χ1v) is 5.55. The smallest absolute Gasteiger partial charge is 0.169 e. The van der Waals surface area contributed by atoms with E-state index in [9.17, 15) is 9.18 Å². The highest BCUT2D eigenvalue weighted by Gasteiger charge is 2.19. The number of alkyl halides is 1. The topological polar surface area (TPSA) is 26.3 Å². The minimum Gasteiger partial charge on any atom is -0.491 e. The molecule has 0 radical (unpaired) electrons. The molecule has 2 nitrogen and oxygen atoms in total. The van der Waals surface area contributed by atoms with Crippen LogP contribution < -0.4 is 4.74 Å². The van der Waals surface area contributed by atoms with E-state index >= 15 is 0 Å². The van der Waals surface area contributed by atoms with Crippen molar-refractivity contribution >= 4 is 21.7 Å². The fourth-order valence-electron chi connectivity index (χ4n) is 1.21. The average molecular weight is 275 g/mol. The van der Waals surface area contributed by atoms with Crippen LogP contribution in [0, 0.1) is 5.82 Å². The fourth-order valence-corrected chi connectivity index (χ4v) is 1.56. The van der Waals surface area contributed by atoms with Crippen molar-refractivity contribution in [1.29, 1.82) is 0 Å². The quantitative estimate of drug-likeness (QED) is 0.788. The molecule has 0 saturated heterocycles. The zero-order valence-electron chi connectivity index (χ0n) is 8.59. The highest BCUT2D eigenvalue weighted by molar-refractivity contribution is 9.09. The number of Topliss-reactive ketones (excluding diaryl/α,β-unsaturated/α-hetero) is 1. The molecule has 0 amide bonds. The van der Waals surface area contributed by atoms with Gasteiger partial charge >= 0.3 is 0 Å². The number of benzene rings is 1. The van der Waals surface area contributed by atoms with Gasteiger partial charge in [0.15, 0.2) is 11.6 Å². The summed E-state index contributed by atoms with van der Waals surface area (Å²) in [4.78, 5) is 10.5. The lowest BCUT2D eigenvalue weighted by Crippen LogP contribution is -2.05. The summed E-state index contributed by atoms with van der Waals surface area (Å²) in [7, 11) is 0. The molecule has 0 aliphatic carbocycles. The summed E-state index contributed by atoms with van der Waals surface area (Å²) in [6.07, 6.45) is 0. The highest BCUT2D eigenvalue weighted by Crippen LogP contribution is 2.30. The number of carbonyl (C=O) groups is 1. The SMILES string of the molecule is CCOc1cccc(C(Br)C(C)=O)c1F. The highest BCUT2D eigenvalue weighted by atomic mass is 79.9. The van der Waals surface area contributed by atoms with Crippen molar-refractivity contribution in [2.45, 2.75) is 18.7 Å². The Morgan fingerprint density at radius 1 is 1.60 bits per heavy atom. The summed E-state index contributed by atoms with van der Waals surface area (Å²) in [6, 6.07) is 4.78. The first kappa shape index (κ1) is 12.2. The minimum atomic E-state index is -0.613. The van der Waals surface area contributed by atoms with Gasteiger partial charge in [0, 0.05) is 5.56 Å². The van der Waals surface area contributed by atoms with Crippen LogP contribution >= 0.6 is 15.9 Å². The standard InChI is InChI=1S/C11H12BrFO2/c1-3-15-9-6-4-5-8(11(9)13)10(12)7(2)14/h4-6,10H,3H2,1-2H3. The first-order chi connectivity index (χ1) is 7.07. The van der Waals surface area contributed by atoms with Gasteiger partial charge in [-0.3, -0.25) is 4.79 Å². The van der Waals surface area contributed by atoms with Gasteiger partial charge in [0.05, 0.1) is 6.61 Å². The maximum Gasteiger partial charge on any atom is 0.169 e. The average Bonchev–Trinajstić information content (AvgIpc) is 2.20. The molecule has 1 rings (SSSR count). The molecule has 82 valence electrons. The summed E-state index contributed by atoms with van der Waals surface area (Å²) in [5.41, 5.74) is 0.313. The lowest BCUT2D eigenvalue weighted by Gasteiger charge is -2.11. The van der Waals surface area contributed by atoms with Crippen LogP contribution in [0.25, 0.3) is 0 Å². The molecule has 1 unspecified atom stereocenters. The summed E-state index contributed by atoms with van der Waals surface area (Å²) < 4.78 is 18.9. The minimum absolute atomic E-state index is 0.137. The Hall–Kier alpha value is -0.900. The number of hydrogen-bond donors (Lipinski definition) is 0. The largest absolute Gasteiger partial charge is 0.491 e. The third-order valence-corrected chi connectivity index (χ3v) is 3.06. The van der Waals surface area contributed by atoms with Crippen molar-refractivity contribution in [2.24, 2.45) is 0 Å². The molecule has 0 heterocycles. The Balaban J connectivity index is 3.08. The molecule has 15 heavy (non-hydrogen) atoms. The molecule has 0 aliphatic heterocycles. The van der Waals surface area contributed by atoms with E-state index in [1.807, 2.05) is 0 Å². The normalized spacial score (nSPS) is 12.3. The van der Waals surface area contributed by atoms with Crippen molar-refractivity contribution in [2.75, 3.05) is 6.61 Å². The van der Waals surface area contributed by atoms with Crippen LogP contribution in [0.4, 0.5) is 4.39 Å². The second-order valence-electron chi connectivity index (χ2n) is 3.07. The maximum absolute atomic E-state index is 13.8. The van der Waals surface area contributed by atoms with E-state index in [0.29, 0.717) is 12.2 Å². The van der Waals surface area contributed by atoms with E-state index in [-0.39, 0.29) is 11.5 Å². The molecule has 0 spiro atoms. The second kappa shape index (κ2) is 5.26. The monoisotopic (exact) mass is 274 g/mol. The van der Waals surface area contributed by atoms with Crippen molar-refractivity contribution < 1.29 is 13.9 Å². The molecule has 0 N–H and O–H groups in total. The summed E-state index contributed by atoms with van der Waals surface area (Å²) >= 11 is 3.14. The van der Waals surface area contributed by atoms with E-state index in [2.05, 4.69) is 15.9 Å². The Morgan fingerprint density at radius 2 is 2.27 bits per heavy atom. The van der Waals surface area contributed by atoms with Crippen molar-refractivity contribution in [3.05, 3.63) is 29.6 Å². The molecule has 1 aromatic carbocycles. The number of ether oxygens (including phenoxy) is 1. The molecule has 0 bridgehead atoms. The van der Waals surface area contributed by atoms with Crippen LogP contribution in [0.15, 0.2) is 18.2 Å². The number of carbonyl (C=O) groups excluding carboxylic acids is 1. The fraction of sp³-hybridized carbons (Fsp3) is 0.364. The Morgan fingerprint density at radius 3 is 2.80 bits per heavy atom. The van der Waals surface area contributed by atoms with Crippen LogP contribution in [0.1, 0.15) is 24.2 Å². The zero-order chi connectivity index (χ0) is 11.4. The third-order valence-electron chi connectivity index (χ3n) is 1.92. The van der Waals surface area contributed by atoms with Crippen LogP contribution in [0.5, 0.6) is 5.75 Å². The third kappa shape index (κ3) is 2.78. The molecule has 4 heteroatoms. The number of rotatable bonds is 4. The molecule has 0 fully saturated rings. The Labute approximate surface area is 96.6 Å². The lowest BCUT2D eigenvalue weighted by molar-refractivity contribution is -0.116. The van der Waals surface area contributed by atoms with Gasteiger partial charge in [-0.25, -0.2) is 4.39 Å². The van der Waals surface area contributed by atoms with Gasteiger partial charge < -0.3 is 4.74 Å². The molecule has 1 atom stereocenters.